The van der Waals surface area contributed by atoms with Crippen molar-refractivity contribution in [2.75, 3.05) is 7.11 Å². The second kappa shape index (κ2) is 6.09. The Hall–Kier alpha value is -2.82. The average Bonchev–Trinajstić information content (AvgIpc) is 2.48. The molecule has 0 radical (unpaired) electrons. The van der Waals surface area contributed by atoms with Gasteiger partial charge >= 0.3 is 0 Å². The van der Waals surface area contributed by atoms with Crippen LogP contribution in [0.15, 0.2) is 42.5 Å². The standard InChI is InChI=1S/C16H13FO4/c1-21-16-8-10(3-6-15(16)20)2-5-13(18)12-9-11(17)4-7-14(12)19/h2-9,19-20H,1H3/b5-2+. The van der Waals surface area contributed by atoms with E-state index in [1.165, 1.54) is 25.3 Å². The molecule has 108 valence electrons. The van der Waals surface area contributed by atoms with Crippen LogP contribution in [0.3, 0.4) is 0 Å². The van der Waals surface area contributed by atoms with Crippen LogP contribution >= 0.6 is 0 Å². The summed E-state index contributed by atoms with van der Waals surface area (Å²) in [5.41, 5.74) is 0.505. The van der Waals surface area contributed by atoms with Crippen molar-refractivity contribution in [2.45, 2.75) is 0 Å². The maximum Gasteiger partial charge on any atom is 0.189 e. The minimum atomic E-state index is -0.601. The number of ether oxygens (including phenoxy) is 1. The maximum atomic E-state index is 13.1. The van der Waals surface area contributed by atoms with Crippen molar-refractivity contribution < 1.29 is 24.1 Å². The van der Waals surface area contributed by atoms with Gasteiger partial charge in [-0.1, -0.05) is 12.1 Å². The molecule has 5 heteroatoms. The van der Waals surface area contributed by atoms with Gasteiger partial charge in [-0.15, -0.1) is 0 Å². The third-order valence-electron chi connectivity index (χ3n) is 2.85. The molecule has 2 aromatic rings. The molecule has 2 N–H and O–H groups in total. The van der Waals surface area contributed by atoms with Crippen molar-refractivity contribution in [1.29, 1.82) is 0 Å². The SMILES string of the molecule is COc1cc(/C=C/C(=O)c2cc(F)ccc2O)ccc1O. The van der Waals surface area contributed by atoms with Crippen molar-refractivity contribution in [3.8, 4) is 17.2 Å². The quantitative estimate of drug-likeness (QED) is 0.670. The molecule has 2 aromatic carbocycles. The van der Waals surface area contributed by atoms with E-state index in [4.69, 9.17) is 4.74 Å². The monoisotopic (exact) mass is 288 g/mol. The van der Waals surface area contributed by atoms with Crippen LogP contribution in [0.2, 0.25) is 0 Å². The van der Waals surface area contributed by atoms with Crippen LogP contribution in [0.25, 0.3) is 6.08 Å². The number of halogens is 1. The van der Waals surface area contributed by atoms with E-state index in [9.17, 15) is 19.4 Å². The number of rotatable bonds is 4. The van der Waals surface area contributed by atoms with E-state index in [0.717, 1.165) is 18.2 Å². The molecule has 2 rings (SSSR count). The van der Waals surface area contributed by atoms with Gasteiger partial charge in [-0.3, -0.25) is 4.79 Å². The molecule has 0 unspecified atom stereocenters. The fourth-order valence-electron chi connectivity index (χ4n) is 1.77. The van der Waals surface area contributed by atoms with Crippen LogP contribution in [0.5, 0.6) is 17.2 Å². The molecule has 0 atom stereocenters. The number of carbonyl (C=O) groups excluding carboxylic acids is 1. The molecular weight excluding hydrogens is 275 g/mol. The summed E-state index contributed by atoms with van der Waals surface area (Å²) in [6.45, 7) is 0. The zero-order chi connectivity index (χ0) is 15.4. The van der Waals surface area contributed by atoms with Gasteiger partial charge in [-0.2, -0.15) is 0 Å². The Morgan fingerprint density at radius 1 is 1.14 bits per heavy atom. The van der Waals surface area contributed by atoms with Gasteiger partial charge in [0.15, 0.2) is 17.3 Å². The molecule has 0 saturated carbocycles. The lowest BCUT2D eigenvalue weighted by molar-refractivity contribution is 0.104. The highest BCUT2D eigenvalue weighted by Gasteiger charge is 2.09. The van der Waals surface area contributed by atoms with Crippen molar-refractivity contribution in [3.63, 3.8) is 0 Å². The number of allylic oxidation sites excluding steroid dienone is 1. The smallest absolute Gasteiger partial charge is 0.189 e. The van der Waals surface area contributed by atoms with Crippen LogP contribution in [0.1, 0.15) is 15.9 Å². The molecule has 0 amide bonds. The molecule has 21 heavy (non-hydrogen) atoms. The van der Waals surface area contributed by atoms with E-state index in [-0.39, 0.29) is 22.8 Å². The lowest BCUT2D eigenvalue weighted by atomic mass is 10.1. The summed E-state index contributed by atoms with van der Waals surface area (Å²) in [4.78, 5) is 11.9. The Morgan fingerprint density at radius 3 is 2.57 bits per heavy atom. The highest BCUT2D eigenvalue weighted by Crippen LogP contribution is 2.27. The van der Waals surface area contributed by atoms with Gasteiger partial charge in [0.05, 0.1) is 12.7 Å². The Kier molecular flexibility index (Phi) is 4.23. The van der Waals surface area contributed by atoms with E-state index in [1.54, 1.807) is 12.1 Å². The largest absolute Gasteiger partial charge is 0.507 e. The van der Waals surface area contributed by atoms with Crippen molar-refractivity contribution >= 4 is 11.9 Å². The number of hydrogen-bond donors (Lipinski definition) is 2. The summed E-state index contributed by atoms with van der Waals surface area (Å²) < 4.78 is 18.0. The van der Waals surface area contributed by atoms with Crippen molar-refractivity contribution in [2.24, 2.45) is 0 Å². The molecular formula is C16H13FO4. The zero-order valence-corrected chi connectivity index (χ0v) is 11.2. The van der Waals surface area contributed by atoms with E-state index in [2.05, 4.69) is 0 Å². The van der Waals surface area contributed by atoms with Gasteiger partial charge in [0.2, 0.25) is 0 Å². The molecule has 0 saturated heterocycles. The highest BCUT2D eigenvalue weighted by molar-refractivity contribution is 6.08. The first-order valence-electron chi connectivity index (χ1n) is 6.09. The number of aromatic hydroxyl groups is 2. The normalized spacial score (nSPS) is 10.8. The molecule has 0 aliphatic rings. The predicted molar refractivity (Wildman–Crippen MR) is 76.1 cm³/mol. The van der Waals surface area contributed by atoms with Crippen LogP contribution in [0.4, 0.5) is 4.39 Å². The molecule has 0 aliphatic heterocycles. The van der Waals surface area contributed by atoms with E-state index < -0.39 is 11.6 Å². The van der Waals surface area contributed by atoms with Gasteiger partial charge in [-0.05, 0) is 42.0 Å². The summed E-state index contributed by atoms with van der Waals surface area (Å²) in [5, 5.41) is 19.0. The molecule has 0 spiro atoms. The average molecular weight is 288 g/mol. The van der Waals surface area contributed by atoms with Crippen LogP contribution in [-0.4, -0.2) is 23.1 Å². The van der Waals surface area contributed by atoms with Crippen LogP contribution in [0, 0.1) is 5.82 Å². The number of hydrogen-bond acceptors (Lipinski definition) is 4. The van der Waals surface area contributed by atoms with Gasteiger partial charge < -0.3 is 14.9 Å². The summed E-state index contributed by atoms with van der Waals surface area (Å²) in [6, 6.07) is 7.74. The number of phenols is 2. The number of ketones is 1. The van der Waals surface area contributed by atoms with Crippen molar-refractivity contribution in [1.82, 2.24) is 0 Å². The van der Waals surface area contributed by atoms with Crippen LogP contribution in [-0.2, 0) is 0 Å². The van der Waals surface area contributed by atoms with Crippen LogP contribution < -0.4 is 4.74 Å². The number of phenolic OH excluding ortho intramolecular Hbond substituents is 2. The molecule has 0 aliphatic carbocycles. The summed E-state index contributed by atoms with van der Waals surface area (Å²) >= 11 is 0. The third kappa shape index (κ3) is 3.39. The fraction of sp³-hybridized carbons (Fsp3) is 0.0625. The summed E-state index contributed by atoms with van der Waals surface area (Å²) in [7, 11) is 1.42. The van der Waals surface area contributed by atoms with E-state index in [1.807, 2.05) is 0 Å². The topological polar surface area (TPSA) is 66.8 Å². The summed E-state index contributed by atoms with van der Waals surface area (Å²) in [5.74, 6) is -1.15. The predicted octanol–water partition coefficient (Wildman–Crippen LogP) is 3.14. The molecule has 0 heterocycles. The van der Waals surface area contributed by atoms with E-state index >= 15 is 0 Å². The van der Waals surface area contributed by atoms with Gasteiger partial charge in [0, 0.05) is 0 Å². The first-order valence-corrected chi connectivity index (χ1v) is 6.09. The first kappa shape index (κ1) is 14.6. The Bertz CT molecular complexity index is 707. The van der Waals surface area contributed by atoms with Crippen molar-refractivity contribution in [3.05, 3.63) is 59.4 Å². The Morgan fingerprint density at radius 2 is 1.86 bits per heavy atom. The number of methoxy groups -OCH3 is 1. The zero-order valence-electron chi connectivity index (χ0n) is 11.2. The molecule has 0 fully saturated rings. The third-order valence-corrected chi connectivity index (χ3v) is 2.85. The fourth-order valence-corrected chi connectivity index (χ4v) is 1.77. The Labute approximate surface area is 120 Å². The highest BCUT2D eigenvalue weighted by atomic mass is 19.1. The molecule has 4 nitrogen and oxygen atoms in total. The first-order chi connectivity index (χ1) is 10.0. The van der Waals surface area contributed by atoms with E-state index in [0.29, 0.717) is 5.56 Å². The van der Waals surface area contributed by atoms with Gasteiger partial charge in [0.1, 0.15) is 11.6 Å². The van der Waals surface area contributed by atoms with Gasteiger partial charge in [-0.25, -0.2) is 4.39 Å². The molecule has 0 aromatic heterocycles. The number of benzene rings is 2. The van der Waals surface area contributed by atoms with Gasteiger partial charge in [0.25, 0.3) is 0 Å². The maximum absolute atomic E-state index is 13.1. The minimum Gasteiger partial charge on any atom is -0.507 e. The second-order valence-corrected chi connectivity index (χ2v) is 4.29. The Balaban J connectivity index is 2.24. The minimum absolute atomic E-state index is 0.0104. The second-order valence-electron chi connectivity index (χ2n) is 4.29. The number of carbonyl (C=O) groups is 1. The lowest BCUT2D eigenvalue weighted by Gasteiger charge is -2.04. The summed E-state index contributed by atoms with van der Waals surface area (Å²) in [6.07, 6.45) is 2.69. The lowest BCUT2D eigenvalue weighted by Crippen LogP contribution is -1.96. The molecule has 0 bridgehead atoms.